The van der Waals surface area contributed by atoms with Crippen molar-refractivity contribution in [3.8, 4) is 11.3 Å². The topological polar surface area (TPSA) is 94.1 Å². The second-order valence-corrected chi connectivity index (χ2v) is 4.72. The van der Waals surface area contributed by atoms with Crippen molar-refractivity contribution in [2.75, 3.05) is 13.2 Å². The Morgan fingerprint density at radius 3 is 2.47 bits per heavy atom. The summed E-state index contributed by atoms with van der Waals surface area (Å²) in [5.41, 5.74) is 1.76. The van der Waals surface area contributed by atoms with Crippen LogP contribution in [0.5, 0.6) is 0 Å². The molecule has 1 aromatic heterocycles. The van der Waals surface area contributed by atoms with Crippen LogP contribution in [-0.2, 0) is 6.54 Å². The van der Waals surface area contributed by atoms with Crippen molar-refractivity contribution in [1.82, 2.24) is 20.7 Å². The van der Waals surface area contributed by atoms with Gasteiger partial charge in [-0.1, -0.05) is 30.3 Å². The van der Waals surface area contributed by atoms with Gasteiger partial charge in [0.15, 0.2) is 0 Å². The Labute approximate surface area is 111 Å². The number of aromatic nitrogens is 3. The number of aliphatic hydroxyl groups is 2. The Balaban J connectivity index is 2.13. The quantitative estimate of drug-likeness (QED) is 0.601. The number of H-pyrrole nitrogens is 1. The summed E-state index contributed by atoms with van der Waals surface area (Å²) in [5.74, 6) is 0. The number of aromatic amines is 1. The molecule has 1 aromatic carbocycles. The first-order valence-electron chi connectivity index (χ1n) is 6.10. The van der Waals surface area contributed by atoms with Gasteiger partial charge in [-0.15, -0.1) is 0 Å². The largest absolute Gasteiger partial charge is 0.394 e. The number of nitrogens with zero attached hydrogens (tertiary/aromatic N) is 2. The summed E-state index contributed by atoms with van der Waals surface area (Å²) in [7, 11) is 0. The lowest BCUT2D eigenvalue weighted by molar-refractivity contribution is 0.103. The fourth-order valence-corrected chi connectivity index (χ4v) is 1.66. The Morgan fingerprint density at radius 2 is 1.84 bits per heavy atom. The molecule has 4 N–H and O–H groups in total. The third kappa shape index (κ3) is 3.17. The van der Waals surface area contributed by atoms with E-state index in [0.717, 1.165) is 17.0 Å². The molecule has 2 aromatic rings. The second kappa shape index (κ2) is 5.92. The highest BCUT2D eigenvalue weighted by Gasteiger charge is 2.22. The molecule has 0 radical (unpaired) electrons. The number of aliphatic hydroxyl groups excluding tert-OH is 2. The van der Waals surface area contributed by atoms with Crippen LogP contribution in [0.1, 0.15) is 12.6 Å². The Bertz CT molecular complexity index is 508. The minimum absolute atomic E-state index is 0.151. The molecule has 19 heavy (non-hydrogen) atoms. The highest BCUT2D eigenvalue weighted by Crippen LogP contribution is 2.19. The van der Waals surface area contributed by atoms with Gasteiger partial charge in [0.05, 0.1) is 18.8 Å². The van der Waals surface area contributed by atoms with Gasteiger partial charge in [-0.2, -0.15) is 15.4 Å². The molecule has 0 atom stereocenters. The lowest BCUT2D eigenvalue weighted by atomic mass is 10.0. The van der Waals surface area contributed by atoms with Crippen LogP contribution < -0.4 is 5.32 Å². The van der Waals surface area contributed by atoms with E-state index in [4.69, 9.17) is 0 Å². The van der Waals surface area contributed by atoms with Crippen molar-refractivity contribution in [2.45, 2.75) is 19.0 Å². The van der Waals surface area contributed by atoms with Crippen molar-refractivity contribution in [3.63, 3.8) is 0 Å². The van der Waals surface area contributed by atoms with Gasteiger partial charge in [0, 0.05) is 12.1 Å². The third-order valence-corrected chi connectivity index (χ3v) is 3.05. The fourth-order valence-electron chi connectivity index (χ4n) is 1.66. The number of nitrogens with one attached hydrogen (secondary N) is 2. The predicted octanol–water partition coefficient (Wildman–Crippen LogP) is 0.305. The molecular weight excluding hydrogens is 244 g/mol. The van der Waals surface area contributed by atoms with Crippen molar-refractivity contribution in [2.24, 2.45) is 0 Å². The zero-order valence-corrected chi connectivity index (χ0v) is 10.8. The number of rotatable bonds is 6. The summed E-state index contributed by atoms with van der Waals surface area (Å²) in [4.78, 5) is 0. The molecule has 0 spiro atoms. The van der Waals surface area contributed by atoms with E-state index in [1.807, 2.05) is 30.3 Å². The van der Waals surface area contributed by atoms with E-state index in [1.54, 1.807) is 6.92 Å². The molecule has 0 unspecified atom stereocenters. The molecule has 0 aliphatic heterocycles. The first kappa shape index (κ1) is 13.7. The molecular formula is C13H18N4O2. The highest BCUT2D eigenvalue weighted by molar-refractivity contribution is 5.60. The second-order valence-electron chi connectivity index (χ2n) is 4.72. The summed E-state index contributed by atoms with van der Waals surface area (Å²) in [6.45, 7) is 1.86. The standard InChI is InChI=1S/C13H18N4O2/c1-13(8-18,9-19)14-7-11-12(16-17-15-11)10-5-3-2-4-6-10/h2-6,14,18-19H,7-9H2,1H3,(H,15,16,17). The van der Waals surface area contributed by atoms with Crippen molar-refractivity contribution < 1.29 is 10.2 Å². The number of hydrogen-bond donors (Lipinski definition) is 4. The van der Waals surface area contributed by atoms with Gasteiger partial charge in [0.25, 0.3) is 0 Å². The molecule has 102 valence electrons. The van der Waals surface area contributed by atoms with Crippen molar-refractivity contribution in [3.05, 3.63) is 36.0 Å². The molecule has 0 aliphatic carbocycles. The van der Waals surface area contributed by atoms with E-state index in [1.165, 1.54) is 0 Å². The average molecular weight is 262 g/mol. The molecule has 2 rings (SSSR count). The van der Waals surface area contributed by atoms with Gasteiger partial charge in [-0.3, -0.25) is 0 Å². The summed E-state index contributed by atoms with van der Waals surface area (Å²) >= 11 is 0. The molecule has 0 aliphatic rings. The zero-order chi connectivity index (χ0) is 13.7. The van der Waals surface area contributed by atoms with Crippen LogP contribution in [0.25, 0.3) is 11.3 Å². The minimum atomic E-state index is -0.729. The van der Waals surface area contributed by atoms with Crippen LogP contribution in [0.4, 0.5) is 0 Å². The highest BCUT2D eigenvalue weighted by atomic mass is 16.3. The van der Waals surface area contributed by atoms with Crippen LogP contribution >= 0.6 is 0 Å². The normalized spacial score (nSPS) is 11.7. The van der Waals surface area contributed by atoms with Gasteiger partial charge in [-0.05, 0) is 6.92 Å². The van der Waals surface area contributed by atoms with E-state index >= 15 is 0 Å². The van der Waals surface area contributed by atoms with E-state index in [0.29, 0.717) is 6.54 Å². The minimum Gasteiger partial charge on any atom is -0.394 e. The first-order chi connectivity index (χ1) is 9.18. The fraction of sp³-hybridized carbons (Fsp3) is 0.385. The van der Waals surface area contributed by atoms with Crippen LogP contribution in [0.2, 0.25) is 0 Å². The molecule has 0 bridgehead atoms. The van der Waals surface area contributed by atoms with E-state index < -0.39 is 5.54 Å². The maximum atomic E-state index is 9.23. The Morgan fingerprint density at radius 1 is 1.16 bits per heavy atom. The third-order valence-electron chi connectivity index (χ3n) is 3.05. The predicted molar refractivity (Wildman–Crippen MR) is 71.2 cm³/mol. The molecule has 0 saturated carbocycles. The monoisotopic (exact) mass is 262 g/mol. The summed E-state index contributed by atoms with van der Waals surface area (Å²) in [6.07, 6.45) is 0. The maximum absolute atomic E-state index is 9.23. The van der Waals surface area contributed by atoms with Gasteiger partial charge in [0.2, 0.25) is 0 Å². The van der Waals surface area contributed by atoms with E-state index in [-0.39, 0.29) is 13.2 Å². The van der Waals surface area contributed by atoms with Crippen LogP contribution in [0.3, 0.4) is 0 Å². The van der Waals surface area contributed by atoms with Crippen molar-refractivity contribution >= 4 is 0 Å². The van der Waals surface area contributed by atoms with Gasteiger partial charge < -0.3 is 15.5 Å². The SMILES string of the molecule is CC(CO)(CO)NCc1n[nH]nc1-c1ccccc1. The summed E-state index contributed by atoms with van der Waals surface area (Å²) < 4.78 is 0. The molecule has 0 amide bonds. The van der Waals surface area contributed by atoms with Crippen LogP contribution in [0.15, 0.2) is 30.3 Å². The first-order valence-corrected chi connectivity index (χ1v) is 6.10. The Hall–Kier alpha value is -1.76. The summed E-state index contributed by atoms with van der Waals surface area (Å²) in [6, 6.07) is 9.73. The average Bonchev–Trinajstić information content (AvgIpc) is 2.94. The van der Waals surface area contributed by atoms with Crippen LogP contribution in [0, 0.1) is 0 Å². The van der Waals surface area contributed by atoms with E-state index in [2.05, 4.69) is 20.7 Å². The van der Waals surface area contributed by atoms with Gasteiger partial charge in [0.1, 0.15) is 11.4 Å². The molecule has 6 heteroatoms. The van der Waals surface area contributed by atoms with Gasteiger partial charge >= 0.3 is 0 Å². The molecule has 6 nitrogen and oxygen atoms in total. The van der Waals surface area contributed by atoms with Gasteiger partial charge in [-0.25, -0.2) is 0 Å². The smallest absolute Gasteiger partial charge is 0.117 e. The van der Waals surface area contributed by atoms with Crippen LogP contribution in [-0.4, -0.2) is 44.4 Å². The summed E-state index contributed by atoms with van der Waals surface area (Å²) in [5, 5.41) is 32.4. The number of hydrogen-bond acceptors (Lipinski definition) is 5. The lowest BCUT2D eigenvalue weighted by Crippen LogP contribution is -2.48. The molecule has 0 saturated heterocycles. The zero-order valence-electron chi connectivity index (χ0n) is 10.8. The molecule has 0 fully saturated rings. The van der Waals surface area contributed by atoms with Crippen molar-refractivity contribution in [1.29, 1.82) is 0 Å². The van der Waals surface area contributed by atoms with E-state index in [9.17, 15) is 10.2 Å². The number of benzene rings is 1. The Kier molecular flexibility index (Phi) is 4.26. The molecule has 1 heterocycles. The lowest BCUT2D eigenvalue weighted by Gasteiger charge is -2.25. The maximum Gasteiger partial charge on any atom is 0.117 e.